The van der Waals surface area contributed by atoms with Crippen LogP contribution in [-0.2, 0) is 6.42 Å². The summed E-state index contributed by atoms with van der Waals surface area (Å²) in [6.07, 6.45) is 9.45. The Bertz CT molecular complexity index is 378. The topological polar surface area (TPSA) is 24.9 Å². The zero-order valence-corrected chi connectivity index (χ0v) is 13.5. The lowest BCUT2D eigenvalue weighted by molar-refractivity contribution is 0.329. The molecule has 19 heavy (non-hydrogen) atoms. The monoisotopic (exact) mass is 280 g/mol. The molecule has 1 aliphatic carbocycles. The largest absolute Gasteiger partial charge is 0.308 e. The fraction of sp³-hybridized carbons (Fsp3) is 0.812. The van der Waals surface area contributed by atoms with Gasteiger partial charge < -0.3 is 5.32 Å². The van der Waals surface area contributed by atoms with Gasteiger partial charge in [-0.1, -0.05) is 39.5 Å². The van der Waals surface area contributed by atoms with E-state index in [0.29, 0.717) is 6.04 Å². The van der Waals surface area contributed by atoms with Gasteiger partial charge >= 0.3 is 0 Å². The van der Waals surface area contributed by atoms with Gasteiger partial charge in [0.2, 0.25) is 0 Å². The van der Waals surface area contributed by atoms with E-state index in [4.69, 9.17) is 4.98 Å². The first-order valence-corrected chi connectivity index (χ1v) is 8.77. The van der Waals surface area contributed by atoms with Crippen LogP contribution in [0.15, 0.2) is 0 Å². The van der Waals surface area contributed by atoms with Crippen LogP contribution >= 0.6 is 11.3 Å². The molecule has 2 nitrogen and oxygen atoms in total. The van der Waals surface area contributed by atoms with Crippen LogP contribution in [-0.4, -0.2) is 11.5 Å². The van der Waals surface area contributed by atoms with Crippen molar-refractivity contribution in [2.24, 2.45) is 5.92 Å². The van der Waals surface area contributed by atoms with Crippen molar-refractivity contribution >= 4 is 11.3 Å². The van der Waals surface area contributed by atoms with Crippen LogP contribution in [0.25, 0.3) is 0 Å². The molecule has 0 aliphatic heterocycles. The van der Waals surface area contributed by atoms with E-state index in [2.05, 4.69) is 26.1 Å². The summed E-state index contributed by atoms with van der Waals surface area (Å²) in [6.45, 7) is 7.68. The SMILES string of the molecule is CCNC(c1nc(CC)c(C)s1)C1CCCCCC1. The van der Waals surface area contributed by atoms with Crippen molar-refractivity contribution in [3.63, 3.8) is 0 Å². The summed E-state index contributed by atoms with van der Waals surface area (Å²) in [5, 5.41) is 5.05. The van der Waals surface area contributed by atoms with Gasteiger partial charge in [0.1, 0.15) is 5.01 Å². The summed E-state index contributed by atoms with van der Waals surface area (Å²) >= 11 is 1.91. The minimum atomic E-state index is 0.493. The fourth-order valence-corrected chi connectivity index (χ4v) is 4.41. The van der Waals surface area contributed by atoms with Gasteiger partial charge in [-0.3, -0.25) is 0 Å². The van der Waals surface area contributed by atoms with Crippen molar-refractivity contribution < 1.29 is 0 Å². The van der Waals surface area contributed by atoms with E-state index in [9.17, 15) is 0 Å². The lowest BCUT2D eigenvalue weighted by Crippen LogP contribution is -2.28. The van der Waals surface area contributed by atoms with Gasteiger partial charge in [-0.05, 0) is 38.6 Å². The van der Waals surface area contributed by atoms with Gasteiger partial charge in [0.05, 0.1) is 11.7 Å². The molecule has 3 heteroatoms. The number of nitrogens with zero attached hydrogens (tertiary/aromatic N) is 1. The Morgan fingerprint density at radius 3 is 2.42 bits per heavy atom. The summed E-state index contributed by atoms with van der Waals surface area (Å²) in [7, 11) is 0. The van der Waals surface area contributed by atoms with E-state index >= 15 is 0 Å². The van der Waals surface area contributed by atoms with Crippen LogP contribution in [0.4, 0.5) is 0 Å². The van der Waals surface area contributed by atoms with Crippen molar-refractivity contribution in [3.8, 4) is 0 Å². The molecule has 0 amide bonds. The second-order valence-electron chi connectivity index (χ2n) is 5.70. The van der Waals surface area contributed by atoms with Crippen molar-refractivity contribution in [1.29, 1.82) is 0 Å². The molecule has 1 aromatic heterocycles. The average Bonchev–Trinajstić information content (AvgIpc) is 2.63. The summed E-state index contributed by atoms with van der Waals surface area (Å²) in [5.74, 6) is 0.790. The second kappa shape index (κ2) is 7.39. The first-order chi connectivity index (χ1) is 9.26. The van der Waals surface area contributed by atoms with E-state index in [-0.39, 0.29) is 0 Å². The van der Waals surface area contributed by atoms with Crippen molar-refractivity contribution in [2.45, 2.75) is 71.8 Å². The van der Waals surface area contributed by atoms with E-state index in [0.717, 1.165) is 18.9 Å². The predicted octanol–water partition coefficient (Wildman–Crippen LogP) is 4.63. The molecular weight excluding hydrogens is 252 g/mol. The standard InChI is InChI=1S/C16H28N2S/c1-4-14-12(3)19-16(18-14)15(17-5-2)13-10-8-6-7-9-11-13/h13,15,17H,4-11H2,1-3H3. The Hall–Kier alpha value is -0.410. The molecule has 0 aromatic carbocycles. The van der Waals surface area contributed by atoms with Gasteiger partial charge in [0.25, 0.3) is 0 Å². The van der Waals surface area contributed by atoms with Crippen molar-refractivity contribution in [3.05, 3.63) is 15.6 Å². The number of aryl methyl sites for hydroxylation is 2. The van der Waals surface area contributed by atoms with Gasteiger partial charge in [-0.2, -0.15) is 0 Å². The maximum Gasteiger partial charge on any atom is 0.110 e. The first kappa shape index (κ1) is 15.0. The molecule has 1 N–H and O–H groups in total. The summed E-state index contributed by atoms with van der Waals surface area (Å²) in [5.41, 5.74) is 1.30. The minimum Gasteiger partial charge on any atom is -0.308 e. The molecule has 0 spiro atoms. The Morgan fingerprint density at radius 2 is 1.89 bits per heavy atom. The molecule has 0 saturated heterocycles. The maximum absolute atomic E-state index is 4.91. The molecular formula is C16H28N2S. The molecule has 1 heterocycles. The first-order valence-electron chi connectivity index (χ1n) is 7.95. The normalized spacial score (nSPS) is 19.3. The Balaban J connectivity index is 2.17. The molecule has 1 saturated carbocycles. The van der Waals surface area contributed by atoms with Crippen LogP contribution in [0, 0.1) is 12.8 Å². The quantitative estimate of drug-likeness (QED) is 0.795. The summed E-state index contributed by atoms with van der Waals surface area (Å²) in [6, 6.07) is 0.493. The number of nitrogens with one attached hydrogen (secondary N) is 1. The molecule has 1 atom stereocenters. The lowest BCUT2D eigenvalue weighted by atomic mass is 9.92. The predicted molar refractivity (Wildman–Crippen MR) is 83.8 cm³/mol. The highest BCUT2D eigenvalue weighted by Crippen LogP contribution is 2.36. The van der Waals surface area contributed by atoms with Gasteiger partial charge in [0, 0.05) is 4.88 Å². The van der Waals surface area contributed by atoms with Crippen LogP contribution in [0.1, 0.15) is 74.0 Å². The van der Waals surface area contributed by atoms with Crippen molar-refractivity contribution in [1.82, 2.24) is 10.3 Å². The third-order valence-corrected chi connectivity index (χ3v) is 5.40. The third kappa shape index (κ3) is 3.79. The molecule has 1 aromatic rings. The van der Waals surface area contributed by atoms with Gasteiger partial charge in [0.15, 0.2) is 0 Å². The second-order valence-corrected chi connectivity index (χ2v) is 6.93. The Labute approximate surface area is 122 Å². The number of hydrogen-bond acceptors (Lipinski definition) is 3. The molecule has 2 rings (SSSR count). The van der Waals surface area contributed by atoms with Crippen molar-refractivity contribution in [2.75, 3.05) is 6.54 Å². The molecule has 1 fully saturated rings. The average molecular weight is 280 g/mol. The highest BCUT2D eigenvalue weighted by atomic mass is 32.1. The van der Waals surface area contributed by atoms with E-state index in [1.54, 1.807) is 0 Å². The Morgan fingerprint density at radius 1 is 1.21 bits per heavy atom. The number of thiazole rings is 1. The third-order valence-electron chi connectivity index (χ3n) is 4.31. The molecule has 1 unspecified atom stereocenters. The van der Waals surface area contributed by atoms with E-state index in [1.165, 1.54) is 54.1 Å². The van der Waals surface area contributed by atoms with Crippen LogP contribution < -0.4 is 5.32 Å². The zero-order valence-electron chi connectivity index (χ0n) is 12.7. The fourth-order valence-electron chi connectivity index (χ4n) is 3.23. The molecule has 1 aliphatic rings. The van der Waals surface area contributed by atoms with Crippen LogP contribution in [0.5, 0.6) is 0 Å². The molecule has 0 radical (unpaired) electrons. The smallest absolute Gasteiger partial charge is 0.110 e. The number of hydrogen-bond donors (Lipinski definition) is 1. The zero-order chi connectivity index (χ0) is 13.7. The highest BCUT2D eigenvalue weighted by Gasteiger charge is 2.26. The van der Waals surface area contributed by atoms with E-state index in [1.807, 2.05) is 11.3 Å². The highest BCUT2D eigenvalue weighted by molar-refractivity contribution is 7.11. The van der Waals surface area contributed by atoms with Crippen LogP contribution in [0.2, 0.25) is 0 Å². The minimum absolute atomic E-state index is 0.493. The van der Waals surface area contributed by atoms with Gasteiger partial charge in [-0.25, -0.2) is 4.98 Å². The molecule has 108 valence electrons. The summed E-state index contributed by atoms with van der Waals surface area (Å²) in [4.78, 5) is 6.32. The lowest BCUT2D eigenvalue weighted by Gasteiger charge is -2.25. The van der Waals surface area contributed by atoms with E-state index < -0.39 is 0 Å². The number of aromatic nitrogens is 1. The maximum atomic E-state index is 4.91. The number of rotatable bonds is 5. The molecule has 0 bridgehead atoms. The van der Waals surface area contributed by atoms with Gasteiger partial charge in [-0.15, -0.1) is 11.3 Å². The summed E-state index contributed by atoms with van der Waals surface area (Å²) < 4.78 is 0. The van der Waals surface area contributed by atoms with Crippen LogP contribution in [0.3, 0.4) is 0 Å². The Kier molecular flexibility index (Phi) is 5.83.